The lowest BCUT2D eigenvalue weighted by atomic mass is 9.79. The molecule has 0 radical (unpaired) electrons. The first kappa shape index (κ1) is 20.9. The van der Waals surface area contributed by atoms with Crippen LogP contribution in [-0.2, 0) is 4.79 Å². The Morgan fingerprint density at radius 2 is 1.31 bits per heavy atom. The molecule has 168 valence electrons. The van der Waals surface area contributed by atoms with E-state index in [0.29, 0.717) is 22.4 Å². The molecule has 1 aliphatic carbocycles. The van der Waals surface area contributed by atoms with E-state index in [0.717, 1.165) is 39.3 Å². The number of aromatic amines is 1. The molecule has 2 N–H and O–H groups in total. The van der Waals surface area contributed by atoms with Crippen molar-refractivity contribution in [3.63, 3.8) is 0 Å². The molecule has 0 unspecified atom stereocenters. The van der Waals surface area contributed by atoms with Gasteiger partial charge in [-0.15, -0.1) is 0 Å². The number of nitrogens with one attached hydrogen (secondary N) is 1. The van der Waals surface area contributed by atoms with Gasteiger partial charge in [0.1, 0.15) is 5.76 Å². The van der Waals surface area contributed by atoms with Gasteiger partial charge in [-0.05, 0) is 24.6 Å². The summed E-state index contributed by atoms with van der Waals surface area (Å²) < 4.78 is 0. The van der Waals surface area contributed by atoms with Gasteiger partial charge in [-0.25, -0.2) is 4.99 Å². The van der Waals surface area contributed by atoms with Crippen LogP contribution in [0.15, 0.2) is 125 Å². The van der Waals surface area contributed by atoms with Crippen LogP contribution in [0.2, 0.25) is 0 Å². The lowest BCUT2D eigenvalue weighted by Gasteiger charge is -2.23. The number of benzene rings is 3. The molecule has 4 heteroatoms. The second-order valence-electron chi connectivity index (χ2n) is 8.65. The number of aliphatic hydroxyl groups excluding tert-OH is 1. The lowest BCUT2D eigenvalue weighted by Crippen LogP contribution is -2.24. The van der Waals surface area contributed by atoms with Crippen LogP contribution < -0.4 is 0 Å². The van der Waals surface area contributed by atoms with Crippen LogP contribution in [0.4, 0.5) is 0 Å². The predicted octanol–water partition coefficient (Wildman–Crippen LogP) is 6.68. The predicted molar refractivity (Wildman–Crippen MR) is 140 cm³/mol. The number of Topliss-reactive ketones (excluding diaryl/α,β-unsaturated/α-hetero) is 1. The number of nitrogens with zero attached hydrogens (tertiary/aromatic N) is 1. The first-order chi connectivity index (χ1) is 17.1. The molecule has 0 bridgehead atoms. The first-order valence-electron chi connectivity index (χ1n) is 11.5. The van der Waals surface area contributed by atoms with Crippen LogP contribution in [0, 0.1) is 6.92 Å². The minimum absolute atomic E-state index is 0.0147. The van der Waals surface area contributed by atoms with Crippen molar-refractivity contribution >= 4 is 22.8 Å². The molecule has 4 nitrogen and oxygen atoms in total. The Morgan fingerprint density at radius 1 is 0.743 bits per heavy atom. The number of aryl methyl sites for hydroxylation is 1. The molecule has 0 atom stereocenters. The summed E-state index contributed by atoms with van der Waals surface area (Å²) in [7, 11) is 0. The van der Waals surface area contributed by atoms with Crippen LogP contribution in [0.3, 0.4) is 0 Å². The Hall–Kier alpha value is -4.70. The van der Waals surface area contributed by atoms with Crippen molar-refractivity contribution in [3.8, 4) is 11.3 Å². The van der Waals surface area contributed by atoms with Crippen molar-refractivity contribution in [1.82, 2.24) is 4.98 Å². The van der Waals surface area contributed by atoms with Crippen molar-refractivity contribution in [2.75, 3.05) is 0 Å². The Bertz CT molecular complexity index is 1590. The molecule has 2 heterocycles. The molecular weight excluding hydrogens is 432 g/mol. The molecule has 35 heavy (non-hydrogen) atoms. The monoisotopic (exact) mass is 454 g/mol. The van der Waals surface area contributed by atoms with Crippen molar-refractivity contribution < 1.29 is 9.90 Å². The van der Waals surface area contributed by atoms with Crippen LogP contribution in [0.5, 0.6) is 0 Å². The summed E-state index contributed by atoms with van der Waals surface area (Å²) in [6, 6.07) is 31.5. The van der Waals surface area contributed by atoms with Gasteiger partial charge in [0.15, 0.2) is 0 Å². The molecule has 0 amide bonds. The Balaban J connectivity index is 1.48. The quantitative estimate of drug-likeness (QED) is 0.338. The highest BCUT2D eigenvalue weighted by atomic mass is 16.3. The number of carbonyl (C=O) groups excluding carboxylic acids is 1. The maximum Gasteiger partial charge on any atom is 0.201 e. The second kappa shape index (κ2) is 8.26. The van der Waals surface area contributed by atoms with Gasteiger partial charge in [0.2, 0.25) is 5.78 Å². The van der Waals surface area contributed by atoms with Crippen molar-refractivity contribution in [2.24, 2.45) is 4.99 Å². The van der Waals surface area contributed by atoms with E-state index < -0.39 is 0 Å². The molecule has 0 saturated heterocycles. The zero-order valence-electron chi connectivity index (χ0n) is 19.1. The zero-order chi connectivity index (χ0) is 23.9. The minimum Gasteiger partial charge on any atom is -0.506 e. The Morgan fingerprint density at radius 3 is 1.91 bits per heavy atom. The van der Waals surface area contributed by atoms with Gasteiger partial charge in [-0.3, -0.25) is 4.79 Å². The number of allylic oxidation sites excluding steroid dienone is 4. The summed E-state index contributed by atoms with van der Waals surface area (Å²) in [5.41, 5.74) is 8.12. The Labute approximate surface area is 203 Å². The number of H-pyrrole nitrogens is 1. The smallest absolute Gasteiger partial charge is 0.201 e. The number of hydrogen-bond acceptors (Lipinski definition) is 3. The molecule has 0 fully saturated rings. The van der Waals surface area contributed by atoms with Gasteiger partial charge < -0.3 is 10.1 Å². The topological polar surface area (TPSA) is 65.4 Å². The Kier molecular flexibility index (Phi) is 4.93. The summed E-state index contributed by atoms with van der Waals surface area (Å²) in [6.07, 6.45) is 1.90. The fraction of sp³-hybridized carbons (Fsp3) is 0.0323. The maximum absolute atomic E-state index is 13.5. The van der Waals surface area contributed by atoms with Crippen LogP contribution in [0.1, 0.15) is 22.4 Å². The molecule has 0 saturated carbocycles. The molecule has 2 aliphatic rings. The van der Waals surface area contributed by atoms with E-state index in [9.17, 15) is 9.90 Å². The zero-order valence-corrected chi connectivity index (χ0v) is 19.1. The first-order valence-corrected chi connectivity index (χ1v) is 11.5. The molecule has 4 aromatic rings. The van der Waals surface area contributed by atoms with E-state index in [2.05, 4.69) is 4.98 Å². The van der Waals surface area contributed by atoms with E-state index in [1.54, 1.807) is 0 Å². The minimum atomic E-state index is -0.173. The van der Waals surface area contributed by atoms with E-state index in [4.69, 9.17) is 4.99 Å². The number of carbonyl (C=O) groups is 1. The largest absolute Gasteiger partial charge is 0.506 e. The summed E-state index contributed by atoms with van der Waals surface area (Å²) in [6.45, 7) is 1.92. The van der Waals surface area contributed by atoms with Gasteiger partial charge >= 0.3 is 0 Å². The summed E-state index contributed by atoms with van der Waals surface area (Å²) in [5.74, 6) is -0.158. The fourth-order valence-electron chi connectivity index (χ4n) is 4.67. The third-order valence-electron chi connectivity index (χ3n) is 6.45. The van der Waals surface area contributed by atoms with Crippen LogP contribution >= 0.6 is 0 Å². The average molecular weight is 455 g/mol. The molecule has 3 aromatic carbocycles. The number of aliphatic imine (C=N–C) groups is 1. The lowest BCUT2D eigenvalue weighted by molar-refractivity contribution is -0.111. The highest BCUT2D eigenvalue weighted by molar-refractivity contribution is 6.42. The van der Waals surface area contributed by atoms with E-state index in [-0.39, 0.29) is 11.5 Å². The average Bonchev–Trinajstić information content (AvgIpc) is 3.50. The maximum atomic E-state index is 13.5. The number of rotatable bonds is 4. The summed E-state index contributed by atoms with van der Waals surface area (Å²) >= 11 is 0. The number of aromatic nitrogens is 1. The van der Waals surface area contributed by atoms with E-state index >= 15 is 0 Å². The van der Waals surface area contributed by atoms with Crippen molar-refractivity contribution in [3.05, 3.63) is 142 Å². The third-order valence-corrected chi connectivity index (χ3v) is 6.45. The van der Waals surface area contributed by atoms with Gasteiger partial charge in [0.25, 0.3) is 0 Å². The molecule has 6 rings (SSSR count). The van der Waals surface area contributed by atoms with Crippen LogP contribution in [-0.4, -0.2) is 21.6 Å². The second-order valence-corrected chi connectivity index (χ2v) is 8.65. The molecular formula is C31H22N2O2. The van der Waals surface area contributed by atoms with E-state index in [1.165, 1.54) is 0 Å². The van der Waals surface area contributed by atoms with Crippen molar-refractivity contribution in [2.45, 2.75) is 6.92 Å². The standard InChI is InChI=1S/C31H22N2O2/c1-19-23(17-25(32-19)20-11-5-2-6-12-20)27-30(34)28(31(27)35)24-18-26(21-13-7-3-8-14-21)33-29(24)22-15-9-4-10-16-22/h2-18,32,34H,1H3/b28-24-. The van der Waals surface area contributed by atoms with E-state index in [1.807, 2.05) is 110 Å². The van der Waals surface area contributed by atoms with Gasteiger partial charge in [-0.2, -0.15) is 0 Å². The molecule has 1 aromatic heterocycles. The number of hydrogen-bond donors (Lipinski definition) is 2. The highest BCUT2D eigenvalue weighted by Crippen LogP contribution is 2.43. The SMILES string of the molecule is Cc1[nH]c(-c2ccccc2)cc1C1=C(O)/C(=C2\C=C(c3ccccc3)N=C2c2ccccc2)C1=O. The summed E-state index contributed by atoms with van der Waals surface area (Å²) in [4.78, 5) is 21.7. The number of ketones is 1. The third kappa shape index (κ3) is 3.47. The van der Waals surface area contributed by atoms with Gasteiger partial charge in [-0.1, -0.05) is 91.0 Å². The van der Waals surface area contributed by atoms with Crippen molar-refractivity contribution in [1.29, 1.82) is 0 Å². The normalized spacial score (nSPS) is 17.3. The van der Waals surface area contributed by atoms with Crippen LogP contribution in [0.25, 0.3) is 22.5 Å². The summed E-state index contributed by atoms with van der Waals surface area (Å²) in [5, 5.41) is 11.2. The van der Waals surface area contributed by atoms with Gasteiger partial charge in [0.05, 0.1) is 22.6 Å². The molecule has 1 aliphatic heterocycles. The highest BCUT2D eigenvalue weighted by Gasteiger charge is 2.40. The number of aliphatic hydroxyl groups is 1. The molecule has 0 spiro atoms. The fourth-order valence-corrected chi connectivity index (χ4v) is 4.67. The van der Waals surface area contributed by atoms with Gasteiger partial charge in [0, 0.05) is 33.7 Å².